The number of likely N-dealkylation sites (tertiary alicyclic amines) is 1. The largest absolute Gasteiger partial charge is 0.368 e. The highest BCUT2D eigenvalue weighted by molar-refractivity contribution is 5.79. The Morgan fingerprint density at radius 1 is 1.52 bits per heavy atom. The van der Waals surface area contributed by atoms with E-state index in [1.807, 2.05) is 39.0 Å². The van der Waals surface area contributed by atoms with Gasteiger partial charge in [0.05, 0.1) is 12.6 Å². The van der Waals surface area contributed by atoms with E-state index in [1.54, 1.807) is 6.92 Å². The number of rotatable bonds is 7. The summed E-state index contributed by atoms with van der Waals surface area (Å²) < 4.78 is 0. The Kier molecular flexibility index (Phi) is 6.38. The fourth-order valence-corrected chi connectivity index (χ4v) is 3.01. The highest BCUT2D eigenvalue weighted by Crippen LogP contribution is 2.19. The minimum atomic E-state index is -0.823. The zero-order valence-electron chi connectivity index (χ0n) is 15.7. The molecule has 0 radical (unpaired) electrons. The van der Waals surface area contributed by atoms with E-state index in [0.29, 0.717) is 12.6 Å². The summed E-state index contributed by atoms with van der Waals surface area (Å²) in [5.41, 5.74) is 0.160. The van der Waals surface area contributed by atoms with E-state index in [1.165, 1.54) is 0 Å². The SMILES string of the molecule is Cc1cccc(NCC2CCCN2CC(=O)NC(C)(C#N)C(C)C)n1. The number of nitriles is 1. The number of hydrogen-bond donors (Lipinski definition) is 2. The molecule has 1 amide bonds. The first-order valence-electron chi connectivity index (χ1n) is 8.98. The van der Waals surface area contributed by atoms with Crippen LogP contribution in [0.4, 0.5) is 5.82 Å². The van der Waals surface area contributed by atoms with Gasteiger partial charge < -0.3 is 10.6 Å². The van der Waals surface area contributed by atoms with Gasteiger partial charge in [-0.2, -0.15) is 5.26 Å². The topological polar surface area (TPSA) is 81.0 Å². The van der Waals surface area contributed by atoms with E-state index < -0.39 is 5.54 Å². The number of pyridine rings is 1. The maximum atomic E-state index is 12.4. The summed E-state index contributed by atoms with van der Waals surface area (Å²) in [6.07, 6.45) is 2.15. The van der Waals surface area contributed by atoms with Crippen molar-refractivity contribution in [3.05, 3.63) is 23.9 Å². The molecular weight excluding hydrogens is 314 g/mol. The number of aromatic nitrogens is 1. The van der Waals surface area contributed by atoms with Crippen LogP contribution in [0.2, 0.25) is 0 Å². The van der Waals surface area contributed by atoms with Crippen LogP contribution in [-0.4, -0.2) is 47.0 Å². The summed E-state index contributed by atoms with van der Waals surface area (Å²) in [4.78, 5) is 19.1. The first kappa shape index (κ1) is 19.2. The van der Waals surface area contributed by atoms with Crippen molar-refractivity contribution >= 4 is 11.7 Å². The summed E-state index contributed by atoms with van der Waals surface area (Å²) in [6.45, 7) is 9.65. The Bertz CT molecular complexity index is 639. The summed E-state index contributed by atoms with van der Waals surface area (Å²) in [7, 11) is 0. The first-order chi connectivity index (χ1) is 11.8. The van der Waals surface area contributed by atoms with E-state index in [9.17, 15) is 10.1 Å². The normalized spacial score (nSPS) is 20.1. The Morgan fingerprint density at radius 2 is 2.28 bits per heavy atom. The zero-order chi connectivity index (χ0) is 18.4. The molecular formula is C19H29N5O. The molecule has 2 rings (SSSR count). The van der Waals surface area contributed by atoms with Crippen LogP contribution in [0.3, 0.4) is 0 Å². The second-order valence-electron chi connectivity index (χ2n) is 7.33. The summed E-state index contributed by atoms with van der Waals surface area (Å²) >= 11 is 0. The highest BCUT2D eigenvalue weighted by Gasteiger charge is 2.32. The van der Waals surface area contributed by atoms with Crippen molar-refractivity contribution in [1.82, 2.24) is 15.2 Å². The van der Waals surface area contributed by atoms with Crippen molar-refractivity contribution < 1.29 is 4.79 Å². The minimum Gasteiger partial charge on any atom is -0.368 e. The molecule has 0 saturated carbocycles. The van der Waals surface area contributed by atoms with Gasteiger partial charge in [0.15, 0.2) is 0 Å². The molecule has 0 aliphatic carbocycles. The van der Waals surface area contributed by atoms with Crippen LogP contribution in [0.1, 0.15) is 39.3 Å². The highest BCUT2D eigenvalue weighted by atomic mass is 16.2. The van der Waals surface area contributed by atoms with E-state index in [-0.39, 0.29) is 11.8 Å². The van der Waals surface area contributed by atoms with Crippen LogP contribution < -0.4 is 10.6 Å². The maximum absolute atomic E-state index is 12.4. The number of anilines is 1. The fraction of sp³-hybridized carbons (Fsp3) is 0.632. The van der Waals surface area contributed by atoms with Crippen molar-refractivity contribution in [3.63, 3.8) is 0 Å². The van der Waals surface area contributed by atoms with Crippen LogP contribution in [0, 0.1) is 24.2 Å². The number of hydrogen-bond acceptors (Lipinski definition) is 5. The molecule has 2 N–H and O–H groups in total. The molecule has 0 aromatic carbocycles. The molecule has 1 aliphatic heterocycles. The van der Waals surface area contributed by atoms with Gasteiger partial charge in [-0.25, -0.2) is 4.98 Å². The molecule has 6 heteroatoms. The number of carbonyl (C=O) groups excluding carboxylic acids is 1. The number of nitrogens with zero attached hydrogens (tertiary/aromatic N) is 3. The third-order valence-electron chi connectivity index (χ3n) is 5.04. The second-order valence-corrected chi connectivity index (χ2v) is 7.33. The van der Waals surface area contributed by atoms with Crippen LogP contribution in [-0.2, 0) is 4.79 Å². The van der Waals surface area contributed by atoms with Gasteiger partial charge in [-0.1, -0.05) is 19.9 Å². The first-order valence-corrected chi connectivity index (χ1v) is 8.98. The molecule has 1 aromatic heterocycles. The van der Waals surface area contributed by atoms with Crippen LogP contribution >= 0.6 is 0 Å². The monoisotopic (exact) mass is 343 g/mol. The molecule has 1 saturated heterocycles. The van der Waals surface area contributed by atoms with E-state index in [2.05, 4.69) is 26.6 Å². The Morgan fingerprint density at radius 3 is 2.92 bits per heavy atom. The Balaban J connectivity index is 1.88. The molecule has 1 fully saturated rings. The molecule has 2 unspecified atom stereocenters. The van der Waals surface area contributed by atoms with Crippen molar-refractivity contribution in [2.45, 2.75) is 52.1 Å². The minimum absolute atomic E-state index is 0.0601. The van der Waals surface area contributed by atoms with Gasteiger partial charge in [-0.15, -0.1) is 0 Å². The van der Waals surface area contributed by atoms with Crippen molar-refractivity contribution in [2.75, 3.05) is 25.0 Å². The van der Waals surface area contributed by atoms with E-state index >= 15 is 0 Å². The lowest BCUT2D eigenvalue weighted by molar-refractivity contribution is -0.124. The lowest BCUT2D eigenvalue weighted by Gasteiger charge is -2.30. The third kappa shape index (κ3) is 5.17. The standard InChI is InChI=1S/C19H29N5O/c1-14(2)19(4,13-20)23-18(25)12-24-10-6-8-16(24)11-21-17-9-5-7-15(3)22-17/h5,7,9,14,16H,6,8,10-12H2,1-4H3,(H,21,22)(H,23,25). The summed E-state index contributed by atoms with van der Waals surface area (Å²) in [5, 5.41) is 15.6. The van der Waals surface area contributed by atoms with Gasteiger partial charge in [0.1, 0.15) is 11.4 Å². The molecule has 136 valence electrons. The number of carbonyl (C=O) groups is 1. The van der Waals surface area contributed by atoms with Gasteiger partial charge in [-0.3, -0.25) is 9.69 Å². The smallest absolute Gasteiger partial charge is 0.235 e. The lowest BCUT2D eigenvalue weighted by Crippen LogP contribution is -2.52. The van der Waals surface area contributed by atoms with Gasteiger partial charge >= 0.3 is 0 Å². The van der Waals surface area contributed by atoms with Crippen molar-refractivity contribution in [3.8, 4) is 6.07 Å². The number of amides is 1. The number of nitrogens with one attached hydrogen (secondary N) is 2. The molecule has 0 bridgehead atoms. The molecule has 25 heavy (non-hydrogen) atoms. The second kappa shape index (κ2) is 8.30. The van der Waals surface area contributed by atoms with E-state index in [4.69, 9.17) is 0 Å². The summed E-state index contributed by atoms with van der Waals surface area (Å²) in [6, 6.07) is 8.45. The molecule has 6 nitrogen and oxygen atoms in total. The molecule has 0 spiro atoms. The maximum Gasteiger partial charge on any atom is 0.235 e. The Hall–Kier alpha value is -2.13. The molecule has 2 atom stereocenters. The zero-order valence-corrected chi connectivity index (χ0v) is 15.7. The molecule has 1 aliphatic rings. The quantitative estimate of drug-likeness (QED) is 0.794. The predicted octanol–water partition coefficient (Wildman–Crippen LogP) is 2.32. The molecule has 2 heterocycles. The van der Waals surface area contributed by atoms with Gasteiger partial charge in [0.25, 0.3) is 0 Å². The number of aryl methyl sites for hydroxylation is 1. The van der Waals surface area contributed by atoms with Crippen LogP contribution in [0.25, 0.3) is 0 Å². The predicted molar refractivity (Wildman–Crippen MR) is 99.1 cm³/mol. The fourth-order valence-electron chi connectivity index (χ4n) is 3.01. The van der Waals surface area contributed by atoms with Crippen molar-refractivity contribution in [1.29, 1.82) is 5.26 Å². The molecule has 1 aromatic rings. The third-order valence-corrected chi connectivity index (χ3v) is 5.04. The van der Waals surface area contributed by atoms with Gasteiger partial charge in [0.2, 0.25) is 5.91 Å². The van der Waals surface area contributed by atoms with Gasteiger partial charge in [-0.05, 0) is 51.3 Å². The Labute approximate surface area is 150 Å². The van der Waals surface area contributed by atoms with Gasteiger partial charge in [0, 0.05) is 18.3 Å². The van der Waals surface area contributed by atoms with E-state index in [0.717, 1.165) is 37.4 Å². The van der Waals surface area contributed by atoms with Crippen molar-refractivity contribution in [2.24, 2.45) is 5.92 Å². The van der Waals surface area contributed by atoms with Crippen LogP contribution in [0.15, 0.2) is 18.2 Å². The average molecular weight is 343 g/mol. The van der Waals surface area contributed by atoms with Crippen LogP contribution in [0.5, 0.6) is 0 Å². The summed E-state index contributed by atoms with van der Waals surface area (Å²) in [5.74, 6) is 0.844. The lowest BCUT2D eigenvalue weighted by atomic mass is 9.90. The average Bonchev–Trinajstić information content (AvgIpc) is 2.99.